The van der Waals surface area contributed by atoms with Gasteiger partial charge in [-0.05, 0) is 32.1 Å². The van der Waals surface area contributed by atoms with Crippen LogP contribution in [-0.4, -0.2) is 63.1 Å². The molecule has 1 saturated carbocycles. The number of nitrogens with one attached hydrogen (secondary N) is 4. The molecule has 3 rings (SSSR count). The standard InChI is InChI=1S/C20H27N7O7/c21-20-25-16-15(18(32)26-20)27(9-28)12(8-23-16)7-22-11-3-1-10(2-4-11)17(31)24-13(19(33)34)5-6-14(29)30/h8-11,13,22H,1-7H2,(H,24,31)(H,29,30)(H,33,34)(H4,21,23,25,26,32). The molecule has 2 amide bonds. The largest absolute Gasteiger partial charge is 0.481 e. The van der Waals surface area contributed by atoms with Gasteiger partial charge in [0.25, 0.3) is 5.56 Å². The molecule has 1 aromatic rings. The fourth-order valence-corrected chi connectivity index (χ4v) is 4.05. The predicted molar refractivity (Wildman–Crippen MR) is 120 cm³/mol. The molecule has 34 heavy (non-hydrogen) atoms. The number of nitrogens with zero attached hydrogens (tertiary/aromatic N) is 2. The normalized spacial score (nSPS) is 20.4. The average Bonchev–Trinajstić information content (AvgIpc) is 2.79. The third-order valence-electron chi connectivity index (χ3n) is 5.88. The van der Waals surface area contributed by atoms with E-state index in [1.54, 1.807) is 6.20 Å². The molecule has 14 heteroatoms. The van der Waals surface area contributed by atoms with E-state index in [9.17, 15) is 29.1 Å². The van der Waals surface area contributed by atoms with Crippen molar-refractivity contribution in [3.8, 4) is 0 Å². The molecule has 0 radical (unpaired) electrons. The van der Waals surface area contributed by atoms with E-state index in [2.05, 4.69) is 25.9 Å². The van der Waals surface area contributed by atoms with Crippen LogP contribution in [0.4, 0.5) is 17.5 Å². The maximum Gasteiger partial charge on any atom is 0.326 e. The molecule has 0 spiro atoms. The molecule has 8 N–H and O–H groups in total. The van der Waals surface area contributed by atoms with Gasteiger partial charge in [-0.2, -0.15) is 4.98 Å². The van der Waals surface area contributed by atoms with Crippen molar-refractivity contribution in [3.63, 3.8) is 0 Å². The van der Waals surface area contributed by atoms with Crippen LogP contribution in [0.5, 0.6) is 0 Å². The van der Waals surface area contributed by atoms with E-state index in [0.29, 0.717) is 37.8 Å². The summed E-state index contributed by atoms with van der Waals surface area (Å²) in [6.07, 6.45) is 3.87. The summed E-state index contributed by atoms with van der Waals surface area (Å²) in [5.74, 6) is -3.06. The van der Waals surface area contributed by atoms with Crippen molar-refractivity contribution < 1.29 is 29.4 Å². The monoisotopic (exact) mass is 477 g/mol. The molecular formula is C20H27N7O7. The number of carboxylic acid groups (broad SMARTS) is 2. The van der Waals surface area contributed by atoms with Crippen LogP contribution in [0.3, 0.4) is 0 Å². The van der Waals surface area contributed by atoms with Gasteiger partial charge in [0.05, 0.1) is 5.70 Å². The van der Waals surface area contributed by atoms with E-state index in [0.717, 1.165) is 0 Å². The number of rotatable bonds is 10. The number of aromatic nitrogens is 2. The van der Waals surface area contributed by atoms with Crippen molar-refractivity contribution in [3.05, 3.63) is 22.3 Å². The Balaban J connectivity index is 1.51. The highest BCUT2D eigenvalue weighted by molar-refractivity contribution is 5.88. The molecule has 1 aliphatic carbocycles. The lowest BCUT2D eigenvalue weighted by Crippen LogP contribution is -2.46. The second-order valence-electron chi connectivity index (χ2n) is 8.17. The summed E-state index contributed by atoms with van der Waals surface area (Å²) < 4.78 is 0. The molecule has 2 aliphatic rings. The highest BCUT2D eigenvalue weighted by Gasteiger charge is 2.30. The molecule has 0 saturated heterocycles. The molecule has 1 fully saturated rings. The summed E-state index contributed by atoms with van der Waals surface area (Å²) in [6.45, 7) is 0.271. The summed E-state index contributed by atoms with van der Waals surface area (Å²) in [5.41, 5.74) is 5.52. The summed E-state index contributed by atoms with van der Waals surface area (Å²) in [4.78, 5) is 65.9. The number of carboxylic acids is 2. The molecule has 0 aromatic carbocycles. The lowest BCUT2D eigenvalue weighted by Gasteiger charge is -2.31. The highest BCUT2D eigenvalue weighted by atomic mass is 16.4. The minimum atomic E-state index is -1.27. The summed E-state index contributed by atoms with van der Waals surface area (Å²) in [6, 6.07) is -1.19. The number of fused-ring (bicyclic) bond motifs is 1. The number of H-pyrrole nitrogens is 1. The van der Waals surface area contributed by atoms with Gasteiger partial charge in [0.15, 0.2) is 11.5 Å². The van der Waals surface area contributed by atoms with E-state index < -0.39 is 29.4 Å². The minimum absolute atomic E-state index is 0.0414. The number of carbonyl (C=O) groups is 4. The quantitative estimate of drug-likeness (QED) is 0.206. The zero-order chi connectivity index (χ0) is 24.8. The zero-order valence-electron chi connectivity index (χ0n) is 18.2. The second kappa shape index (κ2) is 10.8. The van der Waals surface area contributed by atoms with Crippen molar-refractivity contribution in [1.29, 1.82) is 0 Å². The minimum Gasteiger partial charge on any atom is -0.481 e. The number of aliphatic carboxylic acids is 2. The first kappa shape index (κ1) is 24.7. The van der Waals surface area contributed by atoms with E-state index in [1.807, 2.05) is 0 Å². The SMILES string of the molecule is Nc1nc2c(c(=O)[nH]1)N(C=O)C(CNC1CCC(C(=O)NC(CCC(=O)O)C(=O)O)CC1)=CN2. The van der Waals surface area contributed by atoms with Gasteiger partial charge in [-0.3, -0.25) is 29.1 Å². The number of nitrogens with two attached hydrogens (primary N) is 1. The first-order chi connectivity index (χ1) is 16.2. The van der Waals surface area contributed by atoms with Crippen molar-refractivity contribution in [2.75, 3.05) is 22.5 Å². The van der Waals surface area contributed by atoms with Crippen LogP contribution in [0, 0.1) is 5.92 Å². The summed E-state index contributed by atoms with van der Waals surface area (Å²) in [7, 11) is 0. The molecular weight excluding hydrogens is 450 g/mol. The van der Waals surface area contributed by atoms with E-state index in [-0.39, 0.29) is 48.8 Å². The summed E-state index contributed by atoms with van der Waals surface area (Å²) >= 11 is 0. The van der Waals surface area contributed by atoms with Gasteiger partial charge in [-0.1, -0.05) is 0 Å². The highest BCUT2D eigenvalue weighted by Crippen LogP contribution is 2.28. The number of carbonyl (C=O) groups excluding carboxylic acids is 2. The molecule has 1 unspecified atom stereocenters. The Morgan fingerprint density at radius 2 is 1.97 bits per heavy atom. The number of anilines is 3. The zero-order valence-corrected chi connectivity index (χ0v) is 18.2. The van der Waals surface area contributed by atoms with Gasteiger partial charge < -0.3 is 31.9 Å². The maximum absolute atomic E-state index is 12.5. The molecule has 184 valence electrons. The Labute approximate surface area is 193 Å². The molecule has 0 bridgehead atoms. The van der Waals surface area contributed by atoms with Gasteiger partial charge in [-0.25, -0.2) is 4.79 Å². The Kier molecular flexibility index (Phi) is 7.83. The lowest BCUT2D eigenvalue weighted by atomic mass is 9.85. The van der Waals surface area contributed by atoms with E-state index in [1.165, 1.54) is 4.90 Å². The smallest absolute Gasteiger partial charge is 0.326 e. The van der Waals surface area contributed by atoms with Gasteiger partial charge in [0.2, 0.25) is 18.3 Å². The molecule has 2 heterocycles. The number of hydrogen-bond donors (Lipinski definition) is 7. The Morgan fingerprint density at radius 1 is 1.26 bits per heavy atom. The third kappa shape index (κ3) is 5.89. The van der Waals surface area contributed by atoms with Crippen molar-refractivity contribution >= 4 is 41.7 Å². The molecule has 1 aromatic heterocycles. The second-order valence-corrected chi connectivity index (χ2v) is 8.17. The Hall–Kier alpha value is -3.94. The van der Waals surface area contributed by atoms with Gasteiger partial charge in [-0.15, -0.1) is 0 Å². The number of aromatic amines is 1. The first-order valence-corrected chi connectivity index (χ1v) is 10.8. The number of amides is 2. The van der Waals surface area contributed by atoms with Crippen LogP contribution in [0.25, 0.3) is 0 Å². The molecule has 14 nitrogen and oxygen atoms in total. The van der Waals surface area contributed by atoms with E-state index >= 15 is 0 Å². The van der Waals surface area contributed by atoms with Crippen LogP contribution in [0.2, 0.25) is 0 Å². The fraction of sp³-hybridized carbons (Fsp3) is 0.500. The van der Waals surface area contributed by atoms with Crippen LogP contribution < -0.4 is 32.1 Å². The van der Waals surface area contributed by atoms with E-state index in [4.69, 9.17) is 10.8 Å². The number of nitrogen functional groups attached to an aromatic ring is 1. The first-order valence-electron chi connectivity index (χ1n) is 10.8. The Bertz CT molecular complexity index is 1050. The Morgan fingerprint density at radius 3 is 2.59 bits per heavy atom. The predicted octanol–water partition coefficient (Wildman–Crippen LogP) is -0.836. The van der Waals surface area contributed by atoms with Gasteiger partial charge in [0.1, 0.15) is 6.04 Å². The lowest BCUT2D eigenvalue weighted by molar-refractivity contribution is -0.143. The maximum atomic E-state index is 12.5. The van der Waals surface area contributed by atoms with Crippen LogP contribution in [0.15, 0.2) is 16.7 Å². The van der Waals surface area contributed by atoms with Gasteiger partial charge in [0, 0.05) is 31.1 Å². The van der Waals surface area contributed by atoms with Crippen LogP contribution >= 0.6 is 0 Å². The fourth-order valence-electron chi connectivity index (χ4n) is 4.05. The third-order valence-corrected chi connectivity index (χ3v) is 5.88. The summed E-state index contributed by atoms with van der Waals surface area (Å²) in [5, 5.41) is 26.6. The van der Waals surface area contributed by atoms with Crippen molar-refractivity contribution in [1.82, 2.24) is 20.6 Å². The van der Waals surface area contributed by atoms with Gasteiger partial charge >= 0.3 is 11.9 Å². The van der Waals surface area contributed by atoms with Crippen molar-refractivity contribution in [2.24, 2.45) is 5.92 Å². The number of hydrogen-bond acceptors (Lipinski definition) is 9. The molecule has 1 aliphatic heterocycles. The average molecular weight is 477 g/mol. The molecule has 1 atom stereocenters. The van der Waals surface area contributed by atoms with Crippen LogP contribution in [-0.2, 0) is 19.2 Å². The van der Waals surface area contributed by atoms with Crippen LogP contribution in [0.1, 0.15) is 38.5 Å². The topological polar surface area (TPSA) is 220 Å². The van der Waals surface area contributed by atoms with Crippen molar-refractivity contribution in [2.45, 2.75) is 50.6 Å².